The largest absolute Gasteiger partial charge is 0.326 e. The highest BCUT2D eigenvalue weighted by Crippen LogP contribution is 2.24. The smallest absolute Gasteiger partial charge is 0.231 e. The number of anilines is 1. The Morgan fingerprint density at radius 1 is 1.21 bits per heavy atom. The molecule has 0 bridgehead atoms. The van der Waals surface area contributed by atoms with E-state index in [4.69, 9.17) is 5.73 Å². The van der Waals surface area contributed by atoms with Crippen LogP contribution in [0.4, 0.5) is 5.69 Å². The number of nitrogens with one attached hydrogen (secondary N) is 1. The zero-order valence-corrected chi connectivity index (χ0v) is 11.8. The molecule has 2 unspecified atom stereocenters. The molecule has 0 aromatic heterocycles. The Morgan fingerprint density at radius 2 is 1.84 bits per heavy atom. The van der Waals surface area contributed by atoms with Gasteiger partial charge < -0.3 is 11.1 Å². The van der Waals surface area contributed by atoms with Gasteiger partial charge in [-0.3, -0.25) is 4.79 Å². The van der Waals surface area contributed by atoms with E-state index < -0.39 is 0 Å². The Morgan fingerprint density at radius 3 is 2.32 bits per heavy atom. The molecular weight excluding hydrogens is 236 g/mol. The van der Waals surface area contributed by atoms with E-state index in [0.717, 1.165) is 5.69 Å². The Balaban J connectivity index is 2.00. The summed E-state index contributed by atoms with van der Waals surface area (Å²) in [6.45, 7) is 6.52. The highest BCUT2D eigenvalue weighted by atomic mass is 16.1. The first-order valence-electron chi connectivity index (χ1n) is 6.71. The average molecular weight is 258 g/mol. The van der Waals surface area contributed by atoms with Crippen LogP contribution in [0, 0.1) is 5.92 Å². The van der Waals surface area contributed by atoms with E-state index in [1.165, 1.54) is 5.56 Å². The van der Waals surface area contributed by atoms with Crippen LogP contribution in [0.25, 0.3) is 0 Å². The molecule has 1 aromatic rings. The number of carbonyl (C=O) groups is 1. The fraction of sp³-hybridized carbons (Fsp3) is 0.438. The second kappa shape index (κ2) is 5.17. The van der Waals surface area contributed by atoms with E-state index in [-0.39, 0.29) is 23.3 Å². The molecule has 19 heavy (non-hydrogen) atoms. The molecule has 0 saturated heterocycles. The molecule has 0 aliphatic heterocycles. The number of nitrogens with two attached hydrogens (primary N) is 1. The quantitative estimate of drug-likeness (QED) is 0.801. The Bertz CT molecular complexity index is 482. The van der Waals surface area contributed by atoms with Crippen LogP contribution in [0.2, 0.25) is 0 Å². The lowest BCUT2D eigenvalue weighted by Gasteiger charge is -2.19. The first-order chi connectivity index (χ1) is 8.86. The summed E-state index contributed by atoms with van der Waals surface area (Å²) < 4.78 is 0. The normalized spacial score (nSPS) is 22.5. The molecule has 0 saturated carbocycles. The third-order valence-corrected chi connectivity index (χ3v) is 3.47. The maximum absolute atomic E-state index is 12.0. The summed E-state index contributed by atoms with van der Waals surface area (Å²) in [5, 5.41) is 2.94. The molecule has 2 rings (SSSR count). The van der Waals surface area contributed by atoms with Crippen molar-refractivity contribution in [3.63, 3.8) is 0 Å². The number of benzene rings is 1. The van der Waals surface area contributed by atoms with Crippen LogP contribution in [-0.2, 0) is 10.2 Å². The van der Waals surface area contributed by atoms with Gasteiger partial charge in [-0.05, 0) is 29.5 Å². The summed E-state index contributed by atoms with van der Waals surface area (Å²) in [5.41, 5.74) is 7.98. The molecule has 2 atom stereocenters. The Hall–Kier alpha value is -1.61. The molecule has 0 spiro atoms. The molecule has 1 aliphatic carbocycles. The van der Waals surface area contributed by atoms with Gasteiger partial charge in [-0.25, -0.2) is 0 Å². The van der Waals surface area contributed by atoms with Crippen LogP contribution in [0.3, 0.4) is 0 Å². The van der Waals surface area contributed by atoms with Gasteiger partial charge in [0.1, 0.15) is 0 Å². The third-order valence-electron chi connectivity index (χ3n) is 3.47. The Kier molecular flexibility index (Phi) is 3.76. The van der Waals surface area contributed by atoms with Crippen molar-refractivity contribution in [3.05, 3.63) is 42.0 Å². The first kappa shape index (κ1) is 13.8. The molecule has 3 nitrogen and oxygen atoms in total. The van der Waals surface area contributed by atoms with Crippen LogP contribution in [0.1, 0.15) is 32.8 Å². The molecule has 0 heterocycles. The highest BCUT2D eigenvalue weighted by molar-refractivity contribution is 5.94. The fourth-order valence-electron chi connectivity index (χ4n) is 2.21. The van der Waals surface area contributed by atoms with Crippen molar-refractivity contribution in [2.45, 2.75) is 38.6 Å². The molecule has 3 N–H and O–H groups in total. The molecule has 1 aromatic carbocycles. The minimum absolute atomic E-state index is 0.0130. The van der Waals surface area contributed by atoms with Crippen molar-refractivity contribution in [2.24, 2.45) is 11.7 Å². The summed E-state index contributed by atoms with van der Waals surface area (Å²) in [4.78, 5) is 12.0. The van der Waals surface area contributed by atoms with E-state index in [9.17, 15) is 4.79 Å². The number of amides is 1. The molecule has 0 fully saturated rings. The highest BCUT2D eigenvalue weighted by Gasteiger charge is 2.22. The summed E-state index contributed by atoms with van der Waals surface area (Å²) in [5.74, 6) is -0.0787. The van der Waals surface area contributed by atoms with Gasteiger partial charge in [0.25, 0.3) is 0 Å². The lowest BCUT2D eigenvalue weighted by molar-refractivity contribution is -0.118. The van der Waals surface area contributed by atoms with Crippen molar-refractivity contribution >= 4 is 11.6 Å². The Labute approximate surface area is 114 Å². The summed E-state index contributed by atoms with van der Waals surface area (Å²) in [6.07, 6.45) is 4.49. The lowest BCUT2D eigenvalue weighted by atomic mass is 9.87. The zero-order valence-electron chi connectivity index (χ0n) is 11.8. The van der Waals surface area contributed by atoms with E-state index >= 15 is 0 Å². The van der Waals surface area contributed by atoms with Crippen molar-refractivity contribution in [1.82, 2.24) is 0 Å². The van der Waals surface area contributed by atoms with E-state index in [1.807, 2.05) is 24.3 Å². The molecular formula is C16H22N2O. The van der Waals surface area contributed by atoms with Crippen LogP contribution in [-0.4, -0.2) is 11.9 Å². The van der Waals surface area contributed by atoms with E-state index in [0.29, 0.717) is 6.42 Å². The van der Waals surface area contributed by atoms with Crippen LogP contribution in [0.5, 0.6) is 0 Å². The topological polar surface area (TPSA) is 55.1 Å². The van der Waals surface area contributed by atoms with Gasteiger partial charge >= 0.3 is 0 Å². The molecule has 1 amide bonds. The maximum Gasteiger partial charge on any atom is 0.231 e. The van der Waals surface area contributed by atoms with Gasteiger partial charge in [-0.1, -0.05) is 45.1 Å². The standard InChI is InChI=1S/C16H22N2O/c1-16(2,3)12-5-8-14(9-6-12)18-15(19)11-4-7-13(17)10-11/h4-9,11,13H,10,17H2,1-3H3,(H,18,19). The van der Waals surface area contributed by atoms with Gasteiger partial charge in [-0.2, -0.15) is 0 Å². The third kappa shape index (κ3) is 3.44. The SMILES string of the molecule is CC(C)(C)c1ccc(NC(=O)C2C=CC(N)C2)cc1. The monoisotopic (exact) mass is 258 g/mol. The number of rotatable bonds is 2. The van der Waals surface area contributed by atoms with E-state index in [1.54, 1.807) is 0 Å². The predicted octanol–water partition coefficient (Wildman–Crippen LogP) is 2.83. The number of carbonyl (C=O) groups excluding carboxylic acids is 1. The summed E-state index contributed by atoms with van der Waals surface area (Å²) >= 11 is 0. The average Bonchev–Trinajstić information content (AvgIpc) is 2.75. The minimum atomic E-state index is -0.0997. The van der Waals surface area contributed by atoms with Crippen LogP contribution < -0.4 is 11.1 Å². The van der Waals surface area contributed by atoms with Crippen molar-refractivity contribution in [2.75, 3.05) is 5.32 Å². The van der Waals surface area contributed by atoms with Crippen molar-refractivity contribution in [3.8, 4) is 0 Å². The second-order valence-electron chi connectivity index (χ2n) is 6.21. The second-order valence-corrected chi connectivity index (χ2v) is 6.21. The molecule has 3 heteroatoms. The lowest BCUT2D eigenvalue weighted by Crippen LogP contribution is -2.24. The van der Waals surface area contributed by atoms with Crippen molar-refractivity contribution < 1.29 is 4.79 Å². The van der Waals surface area contributed by atoms with Crippen LogP contribution >= 0.6 is 0 Å². The summed E-state index contributed by atoms with van der Waals surface area (Å²) in [7, 11) is 0. The predicted molar refractivity (Wildman–Crippen MR) is 79.0 cm³/mol. The number of hydrogen-bond donors (Lipinski definition) is 2. The first-order valence-corrected chi connectivity index (χ1v) is 6.71. The summed E-state index contributed by atoms with van der Waals surface area (Å²) in [6, 6.07) is 8.05. The van der Waals surface area contributed by atoms with E-state index in [2.05, 4.69) is 38.2 Å². The van der Waals surface area contributed by atoms with Gasteiger partial charge in [0.05, 0.1) is 5.92 Å². The van der Waals surface area contributed by atoms with Crippen molar-refractivity contribution in [1.29, 1.82) is 0 Å². The maximum atomic E-state index is 12.0. The molecule has 0 radical (unpaired) electrons. The molecule has 1 aliphatic rings. The molecule has 102 valence electrons. The van der Waals surface area contributed by atoms with Gasteiger partial charge in [0.2, 0.25) is 5.91 Å². The van der Waals surface area contributed by atoms with Gasteiger partial charge in [0, 0.05) is 11.7 Å². The van der Waals surface area contributed by atoms with Gasteiger partial charge in [0.15, 0.2) is 0 Å². The van der Waals surface area contributed by atoms with Crippen LogP contribution in [0.15, 0.2) is 36.4 Å². The van der Waals surface area contributed by atoms with Gasteiger partial charge in [-0.15, -0.1) is 0 Å². The number of hydrogen-bond acceptors (Lipinski definition) is 2. The fourth-order valence-corrected chi connectivity index (χ4v) is 2.21. The zero-order chi connectivity index (χ0) is 14.0. The minimum Gasteiger partial charge on any atom is -0.326 e.